The van der Waals surface area contributed by atoms with Gasteiger partial charge in [-0.25, -0.2) is 23.7 Å². The summed E-state index contributed by atoms with van der Waals surface area (Å²) in [4.78, 5) is 17.5. The lowest BCUT2D eigenvalue weighted by Crippen LogP contribution is -2.03. The lowest BCUT2D eigenvalue weighted by Gasteiger charge is -2.05. The van der Waals surface area contributed by atoms with E-state index in [0.29, 0.717) is 18.5 Å². The Hall–Kier alpha value is -3.48. The summed E-state index contributed by atoms with van der Waals surface area (Å²) in [6.45, 7) is 4.00. The van der Waals surface area contributed by atoms with Gasteiger partial charge in [0.1, 0.15) is 16.9 Å². The van der Waals surface area contributed by atoms with E-state index in [2.05, 4.69) is 15.0 Å². The molecule has 0 unspecified atom stereocenters. The number of halogens is 2. The topological polar surface area (TPSA) is 56.5 Å². The van der Waals surface area contributed by atoms with E-state index in [1.54, 1.807) is 6.20 Å². The van der Waals surface area contributed by atoms with Gasteiger partial charge in [0, 0.05) is 31.2 Å². The lowest BCUT2D eigenvalue weighted by atomic mass is 10.2. The number of benzene rings is 2. The lowest BCUT2D eigenvalue weighted by molar-refractivity contribution is 0.611. The number of hydrogen-bond acceptors (Lipinski definition) is 4. The molecule has 0 radical (unpaired) electrons. The Kier molecular flexibility index (Phi) is 5.35. The van der Waals surface area contributed by atoms with Crippen molar-refractivity contribution < 1.29 is 8.78 Å². The quantitative estimate of drug-likeness (QED) is 0.416. The van der Waals surface area contributed by atoms with E-state index in [4.69, 9.17) is 4.98 Å². The van der Waals surface area contributed by atoms with Crippen LogP contribution in [0.1, 0.15) is 25.4 Å². The molecule has 0 bridgehead atoms. The second-order valence-electron chi connectivity index (χ2n) is 6.68. The molecule has 0 amide bonds. The molecule has 7 heteroatoms. The molecule has 5 aromatic rings. The number of pyridine rings is 1. The van der Waals surface area contributed by atoms with E-state index in [0.717, 1.165) is 39.9 Å². The molecule has 5 rings (SSSR count). The summed E-state index contributed by atoms with van der Waals surface area (Å²) in [7, 11) is 1.97. The predicted molar refractivity (Wildman–Crippen MR) is 114 cm³/mol. The fourth-order valence-corrected chi connectivity index (χ4v) is 3.51. The van der Waals surface area contributed by atoms with Crippen molar-refractivity contribution in [3.8, 4) is 0 Å². The van der Waals surface area contributed by atoms with E-state index < -0.39 is 11.6 Å². The van der Waals surface area contributed by atoms with Gasteiger partial charge in [-0.3, -0.25) is 4.98 Å². The van der Waals surface area contributed by atoms with Crippen LogP contribution in [0.15, 0.2) is 48.8 Å². The summed E-state index contributed by atoms with van der Waals surface area (Å²) < 4.78 is 29.8. The van der Waals surface area contributed by atoms with E-state index >= 15 is 0 Å². The first kappa shape index (κ1) is 19.8. The normalized spacial score (nSPS) is 11.1. The molecule has 0 fully saturated rings. The van der Waals surface area contributed by atoms with E-state index in [-0.39, 0.29) is 11.0 Å². The van der Waals surface area contributed by atoms with E-state index in [9.17, 15) is 8.78 Å². The number of fused-ring (bicyclic) bond motifs is 4. The Morgan fingerprint density at radius 3 is 2.40 bits per heavy atom. The van der Waals surface area contributed by atoms with Crippen LogP contribution in [0.25, 0.3) is 33.0 Å². The van der Waals surface area contributed by atoms with Gasteiger partial charge in [-0.05, 0) is 42.8 Å². The van der Waals surface area contributed by atoms with Gasteiger partial charge in [-0.1, -0.05) is 13.8 Å². The predicted octanol–water partition coefficient (Wildman–Crippen LogP) is 5.15. The molecule has 0 aliphatic rings. The minimum Gasteiger partial charge on any atom is -0.331 e. The van der Waals surface area contributed by atoms with Gasteiger partial charge in [-0.2, -0.15) is 0 Å². The van der Waals surface area contributed by atoms with Crippen LogP contribution in [0, 0.1) is 11.6 Å². The molecule has 2 aromatic carbocycles. The molecule has 30 heavy (non-hydrogen) atoms. The Morgan fingerprint density at radius 2 is 1.60 bits per heavy atom. The van der Waals surface area contributed by atoms with Crippen LogP contribution >= 0.6 is 0 Å². The van der Waals surface area contributed by atoms with Crippen molar-refractivity contribution in [1.82, 2.24) is 24.5 Å². The minimum absolute atomic E-state index is 0.0421. The second kappa shape index (κ2) is 8.10. The van der Waals surface area contributed by atoms with Gasteiger partial charge in [0.25, 0.3) is 0 Å². The summed E-state index contributed by atoms with van der Waals surface area (Å²) >= 11 is 0. The SMILES string of the molecule is CC.Cn1c(CCc2cnc3c(F)ccc(F)c3n2)nc2c3cccnc3ccc21. The molecule has 0 spiro atoms. The van der Waals surface area contributed by atoms with Gasteiger partial charge in [0.15, 0.2) is 11.6 Å². The van der Waals surface area contributed by atoms with Crippen molar-refractivity contribution in [2.45, 2.75) is 26.7 Å². The van der Waals surface area contributed by atoms with Crippen molar-refractivity contribution in [3.63, 3.8) is 0 Å². The standard InChI is InChI=1S/C21H15F2N5.C2H6/c1-28-17-8-7-16-13(3-2-10-24-16)19(17)27-18(28)9-4-12-11-25-20-14(22)5-6-15(23)21(20)26-12;1-2/h2-3,5-8,10-11H,4,9H2,1H3;1-2H3. The third-order valence-corrected chi connectivity index (χ3v) is 4.98. The van der Waals surface area contributed by atoms with Crippen molar-refractivity contribution in [2.24, 2.45) is 7.05 Å². The maximum Gasteiger partial charge on any atom is 0.151 e. The zero-order valence-electron chi connectivity index (χ0n) is 17.0. The Bertz CT molecular complexity index is 1360. The largest absolute Gasteiger partial charge is 0.331 e. The molecule has 0 aliphatic heterocycles. The van der Waals surface area contributed by atoms with Crippen LogP contribution in [-0.4, -0.2) is 24.5 Å². The molecule has 5 nitrogen and oxygen atoms in total. The molecular weight excluding hydrogens is 384 g/mol. The first-order valence-electron chi connectivity index (χ1n) is 9.90. The van der Waals surface area contributed by atoms with Gasteiger partial charge in [-0.15, -0.1) is 0 Å². The van der Waals surface area contributed by atoms with Gasteiger partial charge < -0.3 is 4.57 Å². The third kappa shape index (κ3) is 3.36. The molecule has 0 N–H and O–H groups in total. The molecule has 0 aliphatic carbocycles. The van der Waals surface area contributed by atoms with Gasteiger partial charge in [0.2, 0.25) is 0 Å². The Morgan fingerprint density at radius 1 is 0.833 bits per heavy atom. The molecule has 0 atom stereocenters. The zero-order chi connectivity index (χ0) is 21.3. The van der Waals surface area contributed by atoms with Crippen molar-refractivity contribution in [1.29, 1.82) is 0 Å². The molecule has 3 heterocycles. The summed E-state index contributed by atoms with van der Waals surface area (Å²) in [6, 6.07) is 10.0. The maximum absolute atomic E-state index is 14.0. The van der Waals surface area contributed by atoms with Crippen molar-refractivity contribution >= 4 is 33.0 Å². The number of aromatic nitrogens is 5. The first-order chi connectivity index (χ1) is 14.6. The van der Waals surface area contributed by atoms with Gasteiger partial charge >= 0.3 is 0 Å². The van der Waals surface area contributed by atoms with Crippen LogP contribution in [0.3, 0.4) is 0 Å². The van der Waals surface area contributed by atoms with Crippen molar-refractivity contribution in [2.75, 3.05) is 0 Å². The number of aryl methyl sites for hydroxylation is 3. The molecule has 3 aromatic heterocycles. The highest BCUT2D eigenvalue weighted by Gasteiger charge is 2.13. The minimum atomic E-state index is -0.578. The van der Waals surface area contributed by atoms with Gasteiger partial charge in [0.05, 0.1) is 22.2 Å². The molecule has 0 saturated carbocycles. The third-order valence-electron chi connectivity index (χ3n) is 4.98. The van der Waals surface area contributed by atoms with E-state index in [1.165, 1.54) is 6.20 Å². The summed E-state index contributed by atoms with van der Waals surface area (Å²) in [5.41, 5.74) is 3.33. The van der Waals surface area contributed by atoms with E-state index in [1.807, 2.05) is 49.7 Å². The van der Waals surface area contributed by atoms with Crippen LogP contribution in [0.2, 0.25) is 0 Å². The molecule has 152 valence electrons. The van der Waals surface area contributed by atoms with Crippen LogP contribution in [0.5, 0.6) is 0 Å². The smallest absolute Gasteiger partial charge is 0.151 e. The fraction of sp³-hybridized carbons (Fsp3) is 0.217. The van der Waals surface area contributed by atoms with Crippen LogP contribution in [-0.2, 0) is 19.9 Å². The zero-order valence-corrected chi connectivity index (χ0v) is 17.0. The molecular formula is C23H21F2N5. The first-order valence-corrected chi connectivity index (χ1v) is 9.90. The fourth-order valence-electron chi connectivity index (χ4n) is 3.51. The monoisotopic (exact) mass is 405 g/mol. The highest BCUT2D eigenvalue weighted by molar-refractivity contribution is 6.02. The maximum atomic E-state index is 14.0. The Balaban J connectivity index is 0.00000106. The average molecular weight is 405 g/mol. The summed E-state index contributed by atoms with van der Waals surface area (Å²) in [6.07, 6.45) is 4.38. The second-order valence-corrected chi connectivity index (χ2v) is 6.68. The number of rotatable bonds is 3. The number of hydrogen-bond donors (Lipinski definition) is 0. The highest BCUT2D eigenvalue weighted by Crippen LogP contribution is 2.24. The average Bonchev–Trinajstić information content (AvgIpc) is 3.12. The summed E-state index contributed by atoms with van der Waals surface area (Å²) in [5.74, 6) is -0.272. The summed E-state index contributed by atoms with van der Waals surface area (Å²) in [5, 5.41) is 1.00. The van der Waals surface area contributed by atoms with Crippen LogP contribution in [0.4, 0.5) is 8.78 Å². The van der Waals surface area contributed by atoms with Crippen LogP contribution < -0.4 is 0 Å². The molecule has 0 saturated heterocycles. The van der Waals surface area contributed by atoms with Crippen molar-refractivity contribution in [3.05, 3.63) is 71.9 Å². The Labute approximate surface area is 172 Å². The number of imidazole rings is 1. The highest BCUT2D eigenvalue weighted by atomic mass is 19.1. The number of nitrogens with zero attached hydrogens (tertiary/aromatic N) is 5.